The summed E-state index contributed by atoms with van der Waals surface area (Å²) in [5.74, 6) is -0.0979. The quantitative estimate of drug-likeness (QED) is 0.807. The van der Waals surface area contributed by atoms with E-state index in [1.54, 1.807) is 0 Å². The van der Waals surface area contributed by atoms with E-state index in [-0.39, 0.29) is 17.6 Å². The molecule has 0 aromatic heterocycles. The van der Waals surface area contributed by atoms with E-state index in [4.69, 9.17) is 9.47 Å². The first kappa shape index (κ1) is 13.1. The van der Waals surface area contributed by atoms with Crippen LogP contribution in [-0.2, 0) is 14.3 Å². The summed E-state index contributed by atoms with van der Waals surface area (Å²) < 4.78 is 11.3. The maximum atomic E-state index is 12.0. The molecule has 6 unspecified atom stereocenters. The second-order valence-corrected chi connectivity index (χ2v) is 8.15. The molecule has 2 aliphatic heterocycles. The molecule has 0 aromatic carbocycles. The zero-order chi connectivity index (χ0) is 14.1. The normalized spacial score (nSPS) is 51.8. The zero-order valence-corrected chi connectivity index (χ0v) is 12.3. The molecule has 0 spiro atoms. The minimum atomic E-state index is -0.613. The van der Waals surface area contributed by atoms with Crippen LogP contribution in [0.2, 0.25) is 0 Å². The molecule has 0 radical (unpaired) electrons. The third kappa shape index (κ3) is 2.00. The lowest BCUT2D eigenvalue weighted by Crippen LogP contribution is -2.45. The van der Waals surface area contributed by atoms with Crippen molar-refractivity contribution >= 4 is 5.97 Å². The molecular weight excluding hydrogens is 256 g/mol. The summed E-state index contributed by atoms with van der Waals surface area (Å²) in [5, 5.41) is 9.88. The highest BCUT2D eigenvalue weighted by molar-refractivity contribution is 5.75. The highest BCUT2D eigenvalue weighted by Gasteiger charge is 2.62. The van der Waals surface area contributed by atoms with Crippen molar-refractivity contribution in [3.8, 4) is 0 Å². The van der Waals surface area contributed by atoms with Gasteiger partial charge in [-0.2, -0.15) is 0 Å². The van der Waals surface area contributed by atoms with Crippen LogP contribution in [0.3, 0.4) is 0 Å². The van der Waals surface area contributed by atoms with E-state index in [9.17, 15) is 9.90 Å². The molecule has 0 amide bonds. The lowest BCUT2D eigenvalue weighted by Gasteiger charge is -2.41. The smallest absolute Gasteiger partial charge is 0.309 e. The monoisotopic (exact) mass is 280 g/mol. The van der Waals surface area contributed by atoms with Gasteiger partial charge in [0.05, 0.1) is 29.8 Å². The predicted octanol–water partition coefficient (Wildman–Crippen LogP) is 2.60. The van der Waals surface area contributed by atoms with Gasteiger partial charge < -0.3 is 14.6 Å². The molecule has 4 aliphatic rings. The summed E-state index contributed by atoms with van der Waals surface area (Å²) in [7, 11) is 0. The number of rotatable bonds is 3. The highest BCUT2D eigenvalue weighted by atomic mass is 16.6. The van der Waals surface area contributed by atoms with E-state index in [1.807, 2.05) is 0 Å². The van der Waals surface area contributed by atoms with E-state index in [1.165, 1.54) is 0 Å². The van der Waals surface area contributed by atoms with Crippen LogP contribution in [0.15, 0.2) is 0 Å². The molecule has 4 nitrogen and oxygen atoms in total. The molecule has 2 heterocycles. The average Bonchev–Trinajstić information content (AvgIpc) is 3.19. The van der Waals surface area contributed by atoms with Gasteiger partial charge in [0.1, 0.15) is 0 Å². The molecule has 2 aliphatic carbocycles. The Labute approximate surface area is 119 Å². The average molecular weight is 280 g/mol. The van der Waals surface area contributed by atoms with Gasteiger partial charge in [-0.3, -0.25) is 4.79 Å². The number of carbonyl (C=O) groups is 1. The van der Waals surface area contributed by atoms with Crippen molar-refractivity contribution < 1.29 is 19.4 Å². The lowest BCUT2D eigenvalue weighted by atomic mass is 9.60. The SMILES string of the molecule is CC1(C)CC(CC2CCC3OC3C2)(C(=O)O)CC2OC21. The van der Waals surface area contributed by atoms with Gasteiger partial charge in [0.15, 0.2) is 0 Å². The third-order valence-electron chi connectivity index (χ3n) is 5.98. The van der Waals surface area contributed by atoms with Crippen molar-refractivity contribution in [1.82, 2.24) is 0 Å². The number of carboxylic acid groups (broad SMARTS) is 1. The van der Waals surface area contributed by atoms with Crippen LogP contribution in [0.1, 0.15) is 52.4 Å². The largest absolute Gasteiger partial charge is 0.481 e. The maximum absolute atomic E-state index is 12.0. The van der Waals surface area contributed by atoms with Gasteiger partial charge in [-0.1, -0.05) is 13.8 Å². The molecule has 4 rings (SSSR count). The van der Waals surface area contributed by atoms with Crippen molar-refractivity contribution in [1.29, 1.82) is 0 Å². The van der Waals surface area contributed by atoms with Gasteiger partial charge in [-0.05, 0) is 49.9 Å². The Balaban J connectivity index is 1.52. The van der Waals surface area contributed by atoms with Gasteiger partial charge >= 0.3 is 5.97 Å². The molecule has 4 fully saturated rings. The van der Waals surface area contributed by atoms with Crippen LogP contribution in [0.25, 0.3) is 0 Å². The summed E-state index contributed by atoms with van der Waals surface area (Å²) in [6.45, 7) is 4.32. The predicted molar refractivity (Wildman–Crippen MR) is 72.4 cm³/mol. The molecule has 0 bridgehead atoms. The van der Waals surface area contributed by atoms with Crippen LogP contribution in [0.5, 0.6) is 0 Å². The van der Waals surface area contributed by atoms with Gasteiger partial charge in [0.2, 0.25) is 0 Å². The molecule has 2 saturated heterocycles. The standard InChI is InChI=1S/C16H24O4/c1-15(2)8-16(14(17)18,7-12-13(15)20-12)6-9-3-4-10-11(5-9)19-10/h9-13H,3-8H2,1-2H3,(H,17,18). The van der Waals surface area contributed by atoms with Crippen molar-refractivity contribution in [3.63, 3.8) is 0 Å². The number of carboxylic acids is 1. The van der Waals surface area contributed by atoms with Crippen LogP contribution >= 0.6 is 0 Å². The number of hydrogen-bond acceptors (Lipinski definition) is 3. The highest BCUT2D eigenvalue weighted by Crippen LogP contribution is 2.58. The summed E-state index contributed by atoms with van der Waals surface area (Å²) in [4.78, 5) is 12.0. The molecule has 4 heteroatoms. The van der Waals surface area contributed by atoms with E-state index in [2.05, 4.69) is 13.8 Å². The zero-order valence-electron chi connectivity index (χ0n) is 12.3. The Morgan fingerprint density at radius 3 is 2.65 bits per heavy atom. The second kappa shape index (κ2) is 3.98. The van der Waals surface area contributed by atoms with Gasteiger partial charge in [-0.15, -0.1) is 0 Å². The summed E-state index contributed by atoms with van der Waals surface area (Å²) in [5.41, 5.74) is -0.581. The van der Waals surface area contributed by atoms with Gasteiger partial charge in [-0.25, -0.2) is 0 Å². The molecular formula is C16H24O4. The molecule has 1 N–H and O–H groups in total. The number of ether oxygens (including phenoxy) is 2. The van der Waals surface area contributed by atoms with E-state index < -0.39 is 11.4 Å². The number of fused-ring (bicyclic) bond motifs is 2. The molecule has 20 heavy (non-hydrogen) atoms. The first-order chi connectivity index (χ1) is 9.40. The molecule has 112 valence electrons. The second-order valence-electron chi connectivity index (χ2n) is 8.15. The Bertz CT molecular complexity index is 446. The number of aliphatic carboxylic acids is 1. The van der Waals surface area contributed by atoms with Crippen molar-refractivity contribution in [2.75, 3.05) is 0 Å². The van der Waals surface area contributed by atoms with Crippen LogP contribution in [0, 0.1) is 16.7 Å². The molecule has 0 aromatic rings. The van der Waals surface area contributed by atoms with Gasteiger partial charge in [0.25, 0.3) is 0 Å². The van der Waals surface area contributed by atoms with Crippen LogP contribution < -0.4 is 0 Å². The van der Waals surface area contributed by atoms with Crippen molar-refractivity contribution in [2.24, 2.45) is 16.7 Å². The van der Waals surface area contributed by atoms with Crippen LogP contribution in [-0.4, -0.2) is 35.5 Å². The van der Waals surface area contributed by atoms with Crippen LogP contribution in [0.4, 0.5) is 0 Å². The van der Waals surface area contributed by atoms with E-state index >= 15 is 0 Å². The molecule has 2 saturated carbocycles. The first-order valence-corrected chi connectivity index (χ1v) is 7.94. The lowest BCUT2D eigenvalue weighted by molar-refractivity contribution is -0.154. The van der Waals surface area contributed by atoms with E-state index in [0.717, 1.165) is 32.1 Å². The van der Waals surface area contributed by atoms with Crippen molar-refractivity contribution in [2.45, 2.75) is 76.8 Å². The summed E-state index contributed by atoms with van der Waals surface area (Å²) in [6.07, 6.45) is 6.99. The Hall–Kier alpha value is -0.610. The fraction of sp³-hybridized carbons (Fsp3) is 0.938. The maximum Gasteiger partial charge on any atom is 0.309 e. The minimum Gasteiger partial charge on any atom is -0.481 e. The Morgan fingerprint density at radius 1 is 1.20 bits per heavy atom. The minimum absolute atomic E-state index is 0.00537. The summed E-state index contributed by atoms with van der Waals surface area (Å²) in [6, 6.07) is 0. The third-order valence-corrected chi connectivity index (χ3v) is 5.98. The van der Waals surface area contributed by atoms with E-state index in [0.29, 0.717) is 24.5 Å². The Kier molecular flexibility index (Phi) is 2.60. The Morgan fingerprint density at radius 2 is 2.00 bits per heavy atom. The van der Waals surface area contributed by atoms with Crippen molar-refractivity contribution in [3.05, 3.63) is 0 Å². The summed E-state index contributed by atoms with van der Waals surface area (Å²) >= 11 is 0. The van der Waals surface area contributed by atoms with Gasteiger partial charge in [0, 0.05) is 0 Å². The topological polar surface area (TPSA) is 62.4 Å². The fourth-order valence-electron chi connectivity index (χ4n) is 5.05. The number of hydrogen-bond donors (Lipinski definition) is 1. The number of epoxide rings is 2. The fourth-order valence-corrected chi connectivity index (χ4v) is 5.05. The molecule has 6 atom stereocenters. The first-order valence-electron chi connectivity index (χ1n) is 7.94.